The Labute approximate surface area is 118 Å². The molecule has 19 heavy (non-hydrogen) atoms. The lowest BCUT2D eigenvalue weighted by atomic mass is 9.99. The van der Waals surface area contributed by atoms with Gasteiger partial charge in [0.2, 0.25) is 0 Å². The average Bonchev–Trinajstić information content (AvgIpc) is 2.45. The molecule has 0 heterocycles. The highest BCUT2D eigenvalue weighted by Gasteiger charge is 1.99. The van der Waals surface area contributed by atoms with Gasteiger partial charge < -0.3 is 4.90 Å². The second-order valence-electron chi connectivity index (χ2n) is 5.11. The summed E-state index contributed by atoms with van der Waals surface area (Å²) in [6.45, 7) is 8.64. The molecule has 0 saturated heterocycles. The van der Waals surface area contributed by atoms with Gasteiger partial charge in [0, 0.05) is 6.54 Å². The first-order valence-electron chi connectivity index (χ1n) is 7.33. The van der Waals surface area contributed by atoms with Crippen molar-refractivity contribution in [2.75, 3.05) is 20.1 Å². The Morgan fingerprint density at radius 2 is 1.89 bits per heavy atom. The first-order valence-corrected chi connectivity index (χ1v) is 7.33. The molecular formula is C18H27N. The van der Waals surface area contributed by atoms with Crippen LogP contribution in [0.25, 0.3) is 0 Å². The lowest BCUT2D eigenvalue weighted by Crippen LogP contribution is -2.16. The maximum atomic E-state index is 3.41. The maximum Gasteiger partial charge on any atom is 0.0235 e. The van der Waals surface area contributed by atoms with Gasteiger partial charge in [-0.2, -0.15) is 0 Å². The largest absolute Gasteiger partial charge is 0.302 e. The molecule has 0 saturated carbocycles. The Kier molecular flexibility index (Phi) is 7.25. The molecule has 1 nitrogen and oxygen atoms in total. The van der Waals surface area contributed by atoms with Crippen LogP contribution in [0.4, 0.5) is 0 Å². The van der Waals surface area contributed by atoms with E-state index in [0.29, 0.717) is 0 Å². The van der Waals surface area contributed by atoms with Crippen molar-refractivity contribution in [1.82, 2.24) is 4.90 Å². The molecule has 0 atom stereocenters. The molecule has 0 bridgehead atoms. The summed E-state index contributed by atoms with van der Waals surface area (Å²) < 4.78 is 0. The van der Waals surface area contributed by atoms with Gasteiger partial charge in [0.1, 0.15) is 0 Å². The quantitative estimate of drug-likeness (QED) is 0.661. The number of aryl methyl sites for hydroxylation is 2. The molecule has 0 radical (unpaired) electrons. The van der Waals surface area contributed by atoms with Gasteiger partial charge in [0.25, 0.3) is 0 Å². The molecule has 1 aromatic carbocycles. The fraction of sp³-hybridized carbons (Fsp3) is 0.500. The van der Waals surface area contributed by atoms with Crippen molar-refractivity contribution in [1.29, 1.82) is 0 Å². The molecule has 0 fully saturated rings. The van der Waals surface area contributed by atoms with Gasteiger partial charge in [-0.1, -0.05) is 38.1 Å². The average molecular weight is 257 g/mol. The molecule has 0 unspecified atom stereocenters. The van der Waals surface area contributed by atoms with E-state index in [1.165, 1.54) is 16.7 Å². The molecule has 1 heteroatoms. The van der Waals surface area contributed by atoms with E-state index >= 15 is 0 Å². The van der Waals surface area contributed by atoms with Crippen molar-refractivity contribution in [3.63, 3.8) is 0 Å². The van der Waals surface area contributed by atoms with Gasteiger partial charge in [0.05, 0.1) is 0 Å². The standard InChI is InChI=1S/C18H27N/c1-5-17-11-7-8-12-18(17)14-13-16(3)10-9-15-19(4)6-2/h7-9,11-12H,5-6,13-15H2,1-4H3. The molecular weight excluding hydrogens is 230 g/mol. The Bertz CT molecular complexity index is 439. The summed E-state index contributed by atoms with van der Waals surface area (Å²) in [6, 6.07) is 8.76. The van der Waals surface area contributed by atoms with Gasteiger partial charge in [-0.3, -0.25) is 0 Å². The third kappa shape index (κ3) is 5.92. The van der Waals surface area contributed by atoms with E-state index in [0.717, 1.165) is 32.4 Å². The minimum atomic E-state index is 0.986. The molecule has 0 aliphatic carbocycles. The molecule has 0 aliphatic heterocycles. The summed E-state index contributed by atoms with van der Waals surface area (Å²) in [4.78, 5) is 2.27. The van der Waals surface area contributed by atoms with Gasteiger partial charge in [-0.25, -0.2) is 0 Å². The van der Waals surface area contributed by atoms with Crippen LogP contribution in [0.3, 0.4) is 0 Å². The number of nitrogens with zero attached hydrogens (tertiary/aromatic N) is 1. The number of likely N-dealkylation sites (N-methyl/N-ethyl adjacent to an activating group) is 1. The van der Waals surface area contributed by atoms with Crippen molar-refractivity contribution in [2.45, 2.75) is 40.0 Å². The fourth-order valence-corrected chi connectivity index (χ4v) is 2.05. The van der Waals surface area contributed by atoms with Crippen LogP contribution in [0.5, 0.6) is 0 Å². The van der Waals surface area contributed by atoms with Gasteiger partial charge >= 0.3 is 0 Å². The van der Waals surface area contributed by atoms with E-state index in [1.807, 2.05) is 0 Å². The molecule has 0 aromatic heterocycles. The van der Waals surface area contributed by atoms with Gasteiger partial charge in [-0.05, 0) is 62.6 Å². The first kappa shape index (κ1) is 15.8. The van der Waals surface area contributed by atoms with Crippen LogP contribution in [-0.4, -0.2) is 25.0 Å². The smallest absolute Gasteiger partial charge is 0.0235 e. The van der Waals surface area contributed by atoms with Crippen LogP contribution >= 0.6 is 0 Å². The van der Waals surface area contributed by atoms with Crippen molar-refractivity contribution < 1.29 is 0 Å². The number of hydrogen-bond donors (Lipinski definition) is 0. The van der Waals surface area contributed by atoms with Crippen LogP contribution < -0.4 is 0 Å². The number of rotatable bonds is 7. The third-order valence-electron chi connectivity index (χ3n) is 3.56. The van der Waals surface area contributed by atoms with E-state index < -0.39 is 0 Å². The molecule has 104 valence electrons. The first-order chi connectivity index (χ1) is 9.17. The Morgan fingerprint density at radius 3 is 2.53 bits per heavy atom. The van der Waals surface area contributed by atoms with Crippen molar-refractivity contribution in [3.05, 3.63) is 52.8 Å². The summed E-state index contributed by atoms with van der Waals surface area (Å²) in [5, 5.41) is 0. The summed E-state index contributed by atoms with van der Waals surface area (Å²) in [6.07, 6.45) is 5.49. The fourth-order valence-electron chi connectivity index (χ4n) is 2.05. The van der Waals surface area contributed by atoms with Crippen molar-refractivity contribution in [2.24, 2.45) is 0 Å². The zero-order chi connectivity index (χ0) is 14.1. The lowest BCUT2D eigenvalue weighted by molar-refractivity contribution is 0.392. The van der Waals surface area contributed by atoms with E-state index in [-0.39, 0.29) is 0 Å². The molecule has 1 rings (SSSR count). The van der Waals surface area contributed by atoms with Crippen LogP contribution in [-0.2, 0) is 12.8 Å². The van der Waals surface area contributed by atoms with E-state index in [1.54, 1.807) is 0 Å². The summed E-state index contributed by atoms with van der Waals surface area (Å²) in [7, 11) is 2.13. The zero-order valence-corrected chi connectivity index (χ0v) is 12.9. The van der Waals surface area contributed by atoms with Crippen LogP contribution in [0.1, 0.15) is 38.3 Å². The van der Waals surface area contributed by atoms with Gasteiger partial charge in [0.15, 0.2) is 0 Å². The van der Waals surface area contributed by atoms with Crippen LogP contribution in [0.15, 0.2) is 41.6 Å². The predicted octanol–water partition coefficient (Wildman–Crippen LogP) is 4.23. The van der Waals surface area contributed by atoms with Crippen molar-refractivity contribution >= 4 is 0 Å². The van der Waals surface area contributed by atoms with Crippen LogP contribution in [0, 0.1) is 0 Å². The normalized spacial score (nSPS) is 10.4. The second kappa shape index (κ2) is 8.74. The summed E-state index contributed by atoms with van der Waals surface area (Å²) in [5.74, 6) is 0. The molecule has 0 amide bonds. The zero-order valence-electron chi connectivity index (χ0n) is 12.9. The topological polar surface area (TPSA) is 3.24 Å². The van der Waals surface area contributed by atoms with Crippen molar-refractivity contribution in [3.8, 4) is 0 Å². The van der Waals surface area contributed by atoms with Gasteiger partial charge in [-0.15, -0.1) is 5.73 Å². The Morgan fingerprint density at radius 1 is 1.21 bits per heavy atom. The molecule has 0 aliphatic rings. The second-order valence-corrected chi connectivity index (χ2v) is 5.11. The SMILES string of the molecule is CCc1ccccc1CCC(C)=C=CCN(C)CC. The highest BCUT2D eigenvalue weighted by Crippen LogP contribution is 2.14. The molecule has 0 spiro atoms. The monoisotopic (exact) mass is 257 g/mol. The number of benzene rings is 1. The molecule has 1 aromatic rings. The summed E-state index contributed by atoms with van der Waals surface area (Å²) in [5.41, 5.74) is 7.71. The van der Waals surface area contributed by atoms with Crippen LogP contribution in [0.2, 0.25) is 0 Å². The highest BCUT2D eigenvalue weighted by molar-refractivity contribution is 5.27. The van der Waals surface area contributed by atoms with E-state index in [2.05, 4.69) is 68.8 Å². The highest BCUT2D eigenvalue weighted by atomic mass is 15.1. The number of hydrogen-bond acceptors (Lipinski definition) is 1. The van der Waals surface area contributed by atoms with E-state index in [9.17, 15) is 0 Å². The van der Waals surface area contributed by atoms with E-state index in [4.69, 9.17) is 0 Å². The molecule has 0 N–H and O–H groups in total. The minimum Gasteiger partial charge on any atom is -0.302 e. The Hall–Kier alpha value is -1.30. The third-order valence-corrected chi connectivity index (χ3v) is 3.56. The maximum absolute atomic E-state index is 3.41. The minimum absolute atomic E-state index is 0.986. The summed E-state index contributed by atoms with van der Waals surface area (Å²) >= 11 is 0. The lowest BCUT2D eigenvalue weighted by Gasteiger charge is -2.09. The predicted molar refractivity (Wildman–Crippen MR) is 84.6 cm³/mol. The Balaban J connectivity index is 2.54.